The fourth-order valence-corrected chi connectivity index (χ4v) is 5.41. The van der Waals surface area contributed by atoms with Crippen LogP contribution in [0.25, 0.3) is 10.9 Å². The maximum absolute atomic E-state index is 13.0. The van der Waals surface area contributed by atoms with Gasteiger partial charge in [-0.15, -0.1) is 0 Å². The number of benzene rings is 1. The predicted octanol–water partition coefficient (Wildman–Crippen LogP) is 3.53. The topological polar surface area (TPSA) is 126 Å². The van der Waals surface area contributed by atoms with E-state index >= 15 is 0 Å². The van der Waals surface area contributed by atoms with E-state index in [1.54, 1.807) is 42.7 Å². The number of hydrogen-bond donors (Lipinski definition) is 3. The number of carbonyl (C=O) groups excluding carboxylic acids is 3. The second kappa shape index (κ2) is 13.1. The van der Waals surface area contributed by atoms with E-state index in [0.717, 1.165) is 42.3 Å². The van der Waals surface area contributed by atoms with E-state index in [4.69, 9.17) is 4.74 Å². The maximum atomic E-state index is 13.0. The Morgan fingerprint density at radius 1 is 1.05 bits per heavy atom. The van der Waals surface area contributed by atoms with Crippen LogP contribution in [0.2, 0.25) is 0 Å². The van der Waals surface area contributed by atoms with Crippen LogP contribution in [-0.2, 0) is 20.9 Å². The number of fused-ring (bicyclic) bond motifs is 1. The van der Waals surface area contributed by atoms with Crippen molar-refractivity contribution in [2.75, 3.05) is 13.1 Å². The highest BCUT2D eigenvalue weighted by atomic mass is 19.3. The molecule has 1 aliphatic carbocycles. The van der Waals surface area contributed by atoms with Crippen LogP contribution in [0.5, 0.6) is 5.75 Å². The van der Waals surface area contributed by atoms with Crippen molar-refractivity contribution in [2.45, 2.75) is 69.9 Å². The fraction of sp³-hybridized carbons (Fsp3) is 0.448. The van der Waals surface area contributed by atoms with E-state index in [9.17, 15) is 23.2 Å². The minimum Gasteiger partial charge on any atom is -0.490 e. The van der Waals surface area contributed by atoms with Gasteiger partial charge in [-0.25, -0.2) is 0 Å². The average Bonchev–Trinajstić information content (AvgIpc) is 3.59. The van der Waals surface area contributed by atoms with Gasteiger partial charge in [0.25, 0.3) is 5.91 Å². The van der Waals surface area contributed by atoms with Crippen LogP contribution in [-0.4, -0.2) is 70.5 Å². The number of hydrogen-bond acceptors (Lipinski definition) is 6. The molecule has 3 N–H and O–H groups in total. The first kappa shape index (κ1) is 28.5. The van der Waals surface area contributed by atoms with Gasteiger partial charge in [-0.2, -0.15) is 8.78 Å². The van der Waals surface area contributed by atoms with Crippen LogP contribution in [0.4, 0.5) is 8.78 Å². The second-order valence-electron chi connectivity index (χ2n) is 10.4. The first-order valence-electron chi connectivity index (χ1n) is 13.8. The van der Waals surface area contributed by atoms with Crippen molar-refractivity contribution in [3.8, 4) is 5.75 Å². The van der Waals surface area contributed by atoms with Crippen LogP contribution < -0.4 is 15.4 Å². The third kappa shape index (κ3) is 7.37. The van der Waals surface area contributed by atoms with Crippen molar-refractivity contribution in [3.63, 3.8) is 0 Å². The Balaban J connectivity index is 1.16. The van der Waals surface area contributed by atoms with Gasteiger partial charge in [0.1, 0.15) is 11.8 Å². The normalized spacial score (nSPS) is 19.4. The van der Waals surface area contributed by atoms with Gasteiger partial charge in [-0.05, 0) is 62.1 Å². The predicted molar refractivity (Wildman–Crippen MR) is 145 cm³/mol. The number of halogens is 2. The molecular formula is C29H33F2N5O5. The summed E-state index contributed by atoms with van der Waals surface area (Å²) in [5.41, 5.74) is 1.92. The lowest BCUT2D eigenvalue weighted by atomic mass is 9.98. The zero-order valence-electron chi connectivity index (χ0n) is 22.5. The molecule has 2 aliphatic rings. The lowest BCUT2D eigenvalue weighted by Gasteiger charge is -2.24. The van der Waals surface area contributed by atoms with Gasteiger partial charge in [0.15, 0.2) is 0 Å². The standard InChI is InChI=1S/C29H33F2N5O5/c30-29(31)41-23-13-25(28(39)33-15-20-12-19-14-32-11-10-24(19)35-20)36(17-23)26(37)16-34-27(38)18-6-8-22(9-7-18)40-21-4-2-1-3-5-21/h6-12,14,21,23,25,29,35H,1-5,13,15-17H2,(H,33,39)(H,34,38)/t23-,25+/m1/s1. The van der Waals surface area contributed by atoms with E-state index in [0.29, 0.717) is 11.3 Å². The summed E-state index contributed by atoms with van der Waals surface area (Å²) in [4.78, 5) is 47.2. The number of nitrogens with one attached hydrogen (secondary N) is 3. The lowest BCUT2D eigenvalue weighted by molar-refractivity contribution is -0.160. The van der Waals surface area contributed by atoms with Crippen molar-refractivity contribution in [1.82, 2.24) is 25.5 Å². The monoisotopic (exact) mass is 569 g/mol. The number of likely N-dealkylation sites (tertiary alicyclic amines) is 1. The molecule has 10 nitrogen and oxygen atoms in total. The zero-order valence-corrected chi connectivity index (χ0v) is 22.5. The highest BCUT2D eigenvalue weighted by Gasteiger charge is 2.41. The van der Waals surface area contributed by atoms with E-state index in [-0.39, 0.29) is 25.6 Å². The molecule has 0 radical (unpaired) electrons. The number of aromatic nitrogens is 2. The molecule has 218 valence electrons. The summed E-state index contributed by atoms with van der Waals surface area (Å²) < 4.78 is 36.4. The van der Waals surface area contributed by atoms with Crippen molar-refractivity contribution in [3.05, 3.63) is 60.0 Å². The minimum atomic E-state index is -3.04. The molecule has 0 bridgehead atoms. The number of aromatic amines is 1. The summed E-state index contributed by atoms with van der Waals surface area (Å²) in [7, 11) is 0. The molecule has 3 heterocycles. The molecule has 1 saturated carbocycles. The van der Waals surface area contributed by atoms with Crippen LogP contribution in [0, 0.1) is 0 Å². The molecule has 1 aliphatic heterocycles. The molecule has 0 spiro atoms. The largest absolute Gasteiger partial charge is 0.490 e. The molecule has 1 aromatic carbocycles. The number of pyridine rings is 1. The Morgan fingerprint density at radius 3 is 2.56 bits per heavy atom. The SMILES string of the molecule is O=C(NCC(=O)N1C[C@H](OC(F)F)C[C@H]1C(=O)NCc1cc2cnccc2[nH]1)c1ccc(OC2CCCCC2)cc1. The van der Waals surface area contributed by atoms with Gasteiger partial charge >= 0.3 is 6.61 Å². The molecule has 5 rings (SSSR count). The number of rotatable bonds is 10. The summed E-state index contributed by atoms with van der Waals surface area (Å²) in [5.74, 6) is -0.871. The van der Waals surface area contributed by atoms with Gasteiger partial charge in [0, 0.05) is 47.5 Å². The maximum Gasteiger partial charge on any atom is 0.345 e. The van der Waals surface area contributed by atoms with Crippen molar-refractivity contribution in [1.29, 1.82) is 0 Å². The highest BCUT2D eigenvalue weighted by molar-refractivity contribution is 5.97. The molecule has 2 aromatic heterocycles. The lowest BCUT2D eigenvalue weighted by Crippen LogP contribution is -2.49. The molecule has 3 amide bonds. The van der Waals surface area contributed by atoms with Crippen molar-refractivity contribution >= 4 is 28.6 Å². The number of nitrogens with zero attached hydrogens (tertiary/aromatic N) is 2. The Bertz CT molecular complexity index is 1330. The van der Waals surface area contributed by atoms with E-state index in [1.807, 2.05) is 6.07 Å². The highest BCUT2D eigenvalue weighted by Crippen LogP contribution is 2.25. The number of carbonyl (C=O) groups is 3. The molecule has 3 aromatic rings. The molecule has 1 saturated heterocycles. The summed E-state index contributed by atoms with van der Waals surface area (Å²) in [6.07, 6.45) is 7.98. The Hall–Kier alpha value is -4.06. The Morgan fingerprint density at radius 2 is 1.83 bits per heavy atom. The van der Waals surface area contributed by atoms with Crippen LogP contribution in [0.3, 0.4) is 0 Å². The number of H-pyrrole nitrogens is 1. The molecule has 0 unspecified atom stereocenters. The molecule has 2 atom stereocenters. The summed E-state index contributed by atoms with van der Waals surface area (Å²) in [6.45, 7) is -3.49. The van der Waals surface area contributed by atoms with Gasteiger partial charge < -0.3 is 30.0 Å². The number of alkyl halides is 2. The van der Waals surface area contributed by atoms with Crippen molar-refractivity contribution < 1.29 is 32.6 Å². The number of amides is 3. The summed E-state index contributed by atoms with van der Waals surface area (Å²) in [5, 5.41) is 6.20. The molecule has 41 heavy (non-hydrogen) atoms. The summed E-state index contributed by atoms with van der Waals surface area (Å²) in [6, 6.07) is 9.31. The summed E-state index contributed by atoms with van der Waals surface area (Å²) >= 11 is 0. The second-order valence-corrected chi connectivity index (χ2v) is 10.4. The Labute approximate surface area is 235 Å². The van der Waals surface area contributed by atoms with Crippen LogP contribution in [0.1, 0.15) is 54.6 Å². The van der Waals surface area contributed by atoms with Gasteiger partial charge in [0.2, 0.25) is 11.8 Å². The molecule has 2 fully saturated rings. The van der Waals surface area contributed by atoms with Crippen molar-refractivity contribution in [2.24, 2.45) is 0 Å². The first-order valence-corrected chi connectivity index (χ1v) is 13.8. The third-order valence-electron chi connectivity index (χ3n) is 7.48. The zero-order chi connectivity index (χ0) is 28.8. The van der Waals surface area contributed by atoms with E-state index in [2.05, 4.69) is 25.3 Å². The van der Waals surface area contributed by atoms with Crippen LogP contribution in [0.15, 0.2) is 48.8 Å². The average molecular weight is 570 g/mol. The number of ether oxygens (including phenoxy) is 2. The van der Waals surface area contributed by atoms with Gasteiger partial charge in [-0.1, -0.05) is 6.42 Å². The minimum absolute atomic E-state index is 0.0884. The first-order chi connectivity index (χ1) is 19.9. The van der Waals surface area contributed by atoms with Crippen LogP contribution >= 0.6 is 0 Å². The molecule has 12 heteroatoms. The van der Waals surface area contributed by atoms with Gasteiger partial charge in [0.05, 0.1) is 25.3 Å². The quantitative estimate of drug-likeness (QED) is 0.343. The fourth-order valence-electron chi connectivity index (χ4n) is 5.41. The molecular weight excluding hydrogens is 536 g/mol. The van der Waals surface area contributed by atoms with E-state index in [1.165, 1.54) is 11.3 Å². The van der Waals surface area contributed by atoms with E-state index < -0.39 is 43.0 Å². The van der Waals surface area contributed by atoms with Gasteiger partial charge in [-0.3, -0.25) is 19.4 Å². The smallest absolute Gasteiger partial charge is 0.345 e. The third-order valence-corrected chi connectivity index (χ3v) is 7.48. The Kier molecular flexibility index (Phi) is 9.07.